The van der Waals surface area contributed by atoms with E-state index in [1.165, 1.54) is 42.7 Å². The molecule has 21 heavy (non-hydrogen) atoms. The van der Waals surface area contributed by atoms with E-state index < -0.39 is 12.0 Å². The van der Waals surface area contributed by atoms with Gasteiger partial charge in [0, 0.05) is 11.1 Å². The zero-order chi connectivity index (χ0) is 15.2. The number of hydrogen-bond acceptors (Lipinski definition) is 5. The molecule has 8 heteroatoms. The molecule has 110 valence electrons. The fourth-order valence-corrected chi connectivity index (χ4v) is 2.16. The standard InChI is InChI=1S/C13H12FN3O3S/c1-20-11(18)6-10-7-21-13(16-10)17-12(19)15-9-4-2-8(14)3-5-9/h2-5,7H,6H2,1H3,(H2,15,16,17,19). The van der Waals surface area contributed by atoms with Gasteiger partial charge in [-0.05, 0) is 24.3 Å². The summed E-state index contributed by atoms with van der Waals surface area (Å²) in [7, 11) is 1.30. The number of nitrogens with zero attached hydrogens (tertiary/aromatic N) is 1. The Hall–Kier alpha value is -2.48. The van der Waals surface area contributed by atoms with Gasteiger partial charge in [0.1, 0.15) is 5.82 Å². The number of thiazole rings is 1. The molecule has 1 aromatic heterocycles. The van der Waals surface area contributed by atoms with E-state index in [1.54, 1.807) is 5.38 Å². The van der Waals surface area contributed by atoms with E-state index in [0.717, 1.165) is 0 Å². The topological polar surface area (TPSA) is 80.3 Å². The van der Waals surface area contributed by atoms with Gasteiger partial charge in [-0.25, -0.2) is 14.2 Å². The number of aromatic nitrogens is 1. The van der Waals surface area contributed by atoms with Crippen LogP contribution >= 0.6 is 11.3 Å². The summed E-state index contributed by atoms with van der Waals surface area (Å²) in [4.78, 5) is 26.9. The van der Waals surface area contributed by atoms with E-state index in [-0.39, 0.29) is 12.2 Å². The molecular weight excluding hydrogens is 297 g/mol. The molecule has 0 unspecified atom stereocenters. The molecule has 6 nitrogen and oxygen atoms in total. The van der Waals surface area contributed by atoms with Gasteiger partial charge in [0.2, 0.25) is 0 Å². The summed E-state index contributed by atoms with van der Waals surface area (Å²) in [6.07, 6.45) is 0.0499. The average molecular weight is 309 g/mol. The number of hydrogen-bond donors (Lipinski definition) is 2. The first-order valence-electron chi connectivity index (χ1n) is 5.91. The molecule has 1 aromatic carbocycles. The van der Waals surface area contributed by atoms with Crippen molar-refractivity contribution in [3.63, 3.8) is 0 Å². The highest BCUT2D eigenvalue weighted by Gasteiger charge is 2.10. The molecular formula is C13H12FN3O3S. The van der Waals surface area contributed by atoms with Crippen LogP contribution in [0.25, 0.3) is 0 Å². The molecule has 0 atom stereocenters. The number of benzene rings is 1. The molecule has 0 fully saturated rings. The molecule has 0 radical (unpaired) electrons. The SMILES string of the molecule is COC(=O)Cc1csc(NC(=O)Nc2ccc(F)cc2)n1. The van der Waals surface area contributed by atoms with Gasteiger partial charge in [0.05, 0.1) is 19.2 Å². The number of esters is 1. The maximum atomic E-state index is 12.7. The van der Waals surface area contributed by atoms with Crippen molar-refractivity contribution in [2.45, 2.75) is 6.42 Å². The summed E-state index contributed by atoms with van der Waals surface area (Å²) in [5, 5.41) is 7.08. The van der Waals surface area contributed by atoms with Crippen LogP contribution in [0.3, 0.4) is 0 Å². The van der Waals surface area contributed by atoms with Crippen LogP contribution in [0.1, 0.15) is 5.69 Å². The number of methoxy groups -OCH3 is 1. The van der Waals surface area contributed by atoms with Gasteiger partial charge in [0.15, 0.2) is 5.13 Å². The number of urea groups is 1. The maximum absolute atomic E-state index is 12.7. The van der Waals surface area contributed by atoms with Crippen LogP contribution in [0.4, 0.5) is 20.0 Å². The second-order valence-electron chi connectivity index (χ2n) is 3.98. The maximum Gasteiger partial charge on any atom is 0.325 e. The lowest BCUT2D eigenvalue weighted by molar-refractivity contribution is -0.139. The Morgan fingerprint density at radius 2 is 2.00 bits per heavy atom. The number of carbonyl (C=O) groups is 2. The fourth-order valence-electron chi connectivity index (χ4n) is 1.46. The van der Waals surface area contributed by atoms with Crippen LogP contribution in [0.15, 0.2) is 29.6 Å². The lowest BCUT2D eigenvalue weighted by Crippen LogP contribution is -2.19. The van der Waals surface area contributed by atoms with E-state index in [4.69, 9.17) is 0 Å². The third-order valence-corrected chi connectivity index (χ3v) is 3.23. The van der Waals surface area contributed by atoms with E-state index in [0.29, 0.717) is 16.5 Å². The summed E-state index contributed by atoms with van der Waals surface area (Å²) >= 11 is 1.19. The second-order valence-corrected chi connectivity index (χ2v) is 4.84. The normalized spacial score (nSPS) is 10.0. The number of amides is 2. The van der Waals surface area contributed by atoms with Crippen LogP contribution < -0.4 is 10.6 Å². The Bertz CT molecular complexity index is 642. The lowest BCUT2D eigenvalue weighted by Gasteiger charge is -2.04. The van der Waals surface area contributed by atoms with Crippen molar-refractivity contribution in [1.29, 1.82) is 0 Å². The largest absolute Gasteiger partial charge is 0.469 e. The summed E-state index contributed by atoms with van der Waals surface area (Å²) in [6, 6.07) is 4.88. The third-order valence-electron chi connectivity index (χ3n) is 2.43. The van der Waals surface area contributed by atoms with Crippen molar-refractivity contribution in [1.82, 2.24) is 4.98 Å². The van der Waals surface area contributed by atoms with Crippen molar-refractivity contribution in [3.8, 4) is 0 Å². The number of nitrogens with one attached hydrogen (secondary N) is 2. The van der Waals surface area contributed by atoms with Crippen molar-refractivity contribution in [2.24, 2.45) is 0 Å². The van der Waals surface area contributed by atoms with E-state index in [1.807, 2.05) is 0 Å². The number of anilines is 2. The molecule has 0 spiro atoms. The molecule has 2 rings (SSSR count). The Labute approximate surface area is 124 Å². The van der Waals surface area contributed by atoms with Gasteiger partial charge in [-0.1, -0.05) is 0 Å². The van der Waals surface area contributed by atoms with Gasteiger partial charge in [-0.2, -0.15) is 0 Å². The van der Waals surface area contributed by atoms with E-state index >= 15 is 0 Å². The predicted octanol–water partition coefficient (Wildman–Crippen LogP) is 2.64. The van der Waals surface area contributed by atoms with Gasteiger partial charge >= 0.3 is 12.0 Å². The molecule has 0 aliphatic carbocycles. The van der Waals surface area contributed by atoms with Gasteiger partial charge in [-0.3, -0.25) is 10.1 Å². The van der Waals surface area contributed by atoms with Gasteiger partial charge < -0.3 is 10.1 Å². The van der Waals surface area contributed by atoms with Crippen molar-refractivity contribution >= 4 is 34.2 Å². The minimum atomic E-state index is -0.499. The zero-order valence-corrected chi connectivity index (χ0v) is 11.9. The molecule has 0 bridgehead atoms. The van der Waals surface area contributed by atoms with Crippen molar-refractivity contribution < 1.29 is 18.7 Å². The van der Waals surface area contributed by atoms with Crippen LogP contribution in [-0.4, -0.2) is 24.1 Å². The quantitative estimate of drug-likeness (QED) is 0.851. The van der Waals surface area contributed by atoms with Crippen LogP contribution in [-0.2, 0) is 16.0 Å². The highest BCUT2D eigenvalue weighted by atomic mass is 32.1. The van der Waals surface area contributed by atoms with Crippen LogP contribution in [0.5, 0.6) is 0 Å². The third kappa shape index (κ3) is 4.53. The zero-order valence-electron chi connectivity index (χ0n) is 11.1. The summed E-state index contributed by atoms with van der Waals surface area (Å²) in [5.74, 6) is -0.782. The molecule has 1 heterocycles. The smallest absolute Gasteiger partial charge is 0.325 e. The average Bonchev–Trinajstić information content (AvgIpc) is 2.88. The summed E-state index contributed by atoms with van der Waals surface area (Å²) in [5.41, 5.74) is 0.976. The Kier molecular flexibility index (Phi) is 4.83. The molecule has 0 aliphatic heterocycles. The van der Waals surface area contributed by atoms with Crippen molar-refractivity contribution in [3.05, 3.63) is 41.2 Å². The first kappa shape index (κ1) is 14.9. The van der Waals surface area contributed by atoms with Crippen molar-refractivity contribution in [2.75, 3.05) is 17.7 Å². The first-order valence-corrected chi connectivity index (χ1v) is 6.79. The van der Waals surface area contributed by atoms with Gasteiger partial charge in [0.25, 0.3) is 0 Å². The fraction of sp³-hybridized carbons (Fsp3) is 0.154. The highest BCUT2D eigenvalue weighted by molar-refractivity contribution is 7.13. The molecule has 2 aromatic rings. The molecule has 2 amide bonds. The summed E-state index contributed by atoms with van der Waals surface area (Å²) in [6.45, 7) is 0. The number of halogens is 1. The first-order chi connectivity index (χ1) is 10.1. The highest BCUT2D eigenvalue weighted by Crippen LogP contribution is 2.16. The molecule has 0 aliphatic rings. The number of carbonyl (C=O) groups excluding carboxylic acids is 2. The minimum Gasteiger partial charge on any atom is -0.469 e. The van der Waals surface area contributed by atoms with Crippen LogP contribution in [0, 0.1) is 5.82 Å². The van der Waals surface area contributed by atoms with E-state index in [9.17, 15) is 14.0 Å². The molecule has 0 saturated heterocycles. The molecule has 0 saturated carbocycles. The molecule has 2 N–H and O–H groups in total. The van der Waals surface area contributed by atoms with Crippen LogP contribution in [0.2, 0.25) is 0 Å². The Morgan fingerprint density at radius 1 is 1.29 bits per heavy atom. The predicted molar refractivity (Wildman–Crippen MR) is 76.9 cm³/mol. The number of ether oxygens (including phenoxy) is 1. The Balaban J connectivity index is 1.90. The van der Waals surface area contributed by atoms with Gasteiger partial charge in [-0.15, -0.1) is 11.3 Å². The minimum absolute atomic E-state index is 0.0499. The Morgan fingerprint density at radius 3 is 2.67 bits per heavy atom. The number of rotatable bonds is 4. The monoisotopic (exact) mass is 309 g/mol. The lowest BCUT2D eigenvalue weighted by atomic mass is 10.3. The second kappa shape index (κ2) is 6.80. The summed E-state index contributed by atoms with van der Waals surface area (Å²) < 4.78 is 17.3. The van der Waals surface area contributed by atoms with E-state index in [2.05, 4.69) is 20.4 Å².